The zero-order chi connectivity index (χ0) is 15.7. The van der Waals surface area contributed by atoms with E-state index in [1.165, 1.54) is 11.6 Å². The molecular weight excluding hydrogens is 272 g/mol. The van der Waals surface area contributed by atoms with Crippen molar-refractivity contribution in [2.45, 2.75) is 20.3 Å². The number of aromatic nitrogens is 2. The zero-order valence-corrected chi connectivity index (χ0v) is 13.0. The summed E-state index contributed by atoms with van der Waals surface area (Å²) < 4.78 is 2.62. The summed E-state index contributed by atoms with van der Waals surface area (Å²) in [6.07, 6.45) is 0.501. The van der Waals surface area contributed by atoms with Gasteiger partial charge >= 0.3 is 5.69 Å². The normalized spacial score (nSPS) is 15.4. The molecule has 0 radical (unpaired) electrons. The predicted molar refractivity (Wildman–Crippen MR) is 80.7 cm³/mol. The lowest BCUT2D eigenvalue weighted by atomic mass is 10.2. The Bertz CT molecular complexity index is 666. The first-order chi connectivity index (χ1) is 9.88. The second-order valence-electron chi connectivity index (χ2n) is 5.36. The molecule has 2 rings (SSSR count). The maximum atomic E-state index is 12.4. The molecule has 0 spiro atoms. The minimum Gasteiger partial charge on any atom is -0.362 e. The fraction of sp³-hybridized carbons (Fsp3) is 0.643. The van der Waals surface area contributed by atoms with Crippen LogP contribution in [0, 0.1) is 6.92 Å². The van der Waals surface area contributed by atoms with Gasteiger partial charge in [0.25, 0.3) is 5.56 Å². The highest BCUT2D eigenvalue weighted by Crippen LogP contribution is 2.15. The van der Waals surface area contributed by atoms with Crippen molar-refractivity contribution in [2.75, 3.05) is 31.1 Å². The topological polar surface area (TPSA) is 67.6 Å². The summed E-state index contributed by atoms with van der Waals surface area (Å²) in [5.74, 6) is 0.139. The second kappa shape index (κ2) is 5.75. The van der Waals surface area contributed by atoms with E-state index in [-0.39, 0.29) is 17.2 Å². The Hall–Kier alpha value is -2.05. The van der Waals surface area contributed by atoms with E-state index in [2.05, 4.69) is 0 Å². The minimum atomic E-state index is -0.318. The first kappa shape index (κ1) is 15.3. The van der Waals surface area contributed by atoms with E-state index in [0.29, 0.717) is 44.0 Å². The van der Waals surface area contributed by atoms with Crippen molar-refractivity contribution < 1.29 is 4.79 Å². The van der Waals surface area contributed by atoms with Crippen LogP contribution in [0.15, 0.2) is 9.59 Å². The summed E-state index contributed by atoms with van der Waals surface area (Å²) in [6, 6.07) is 0. The summed E-state index contributed by atoms with van der Waals surface area (Å²) in [4.78, 5) is 39.7. The molecular formula is C14H22N4O3. The van der Waals surface area contributed by atoms with Crippen LogP contribution in [0.25, 0.3) is 0 Å². The van der Waals surface area contributed by atoms with Gasteiger partial charge in [0.2, 0.25) is 5.91 Å². The lowest BCUT2D eigenvalue weighted by molar-refractivity contribution is -0.131. The van der Waals surface area contributed by atoms with E-state index in [9.17, 15) is 14.4 Å². The van der Waals surface area contributed by atoms with Crippen LogP contribution in [0.3, 0.4) is 0 Å². The number of carbonyl (C=O) groups excluding carboxylic acids is 1. The molecule has 1 aromatic heterocycles. The summed E-state index contributed by atoms with van der Waals surface area (Å²) >= 11 is 0. The van der Waals surface area contributed by atoms with E-state index in [0.717, 1.165) is 4.57 Å². The Kier molecular flexibility index (Phi) is 4.20. The molecule has 0 aliphatic carbocycles. The molecule has 1 aliphatic rings. The van der Waals surface area contributed by atoms with Crippen LogP contribution in [0.1, 0.15) is 19.0 Å². The van der Waals surface area contributed by atoms with Crippen LogP contribution in [0.2, 0.25) is 0 Å². The molecule has 0 unspecified atom stereocenters. The average molecular weight is 294 g/mol. The molecule has 0 N–H and O–H groups in total. The smallest absolute Gasteiger partial charge is 0.330 e. The van der Waals surface area contributed by atoms with Crippen molar-refractivity contribution in [3.05, 3.63) is 26.5 Å². The number of amides is 1. The van der Waals surface area contributed by atoms with Gasteiger partial charge in [-0.05, 0) is 6.92 Å². The lowest BCUT2D eigenvalue weighted by Crippen LogP contribution is -2.51. The third kappa shape index (κ3) is 2.59. The molecule has 116 valence electrons. The lowest BCUT2D eigenvalue weighted by Gasteiger charge is -2.36. The van der Waals surface area contributed by atoms with Crippen molar-refractivity contribution in [1.29, 1.82) is 0 Å². The summed E-state index contributed by atoms with van der Waals surface area (Å²) in [7, 11) is 3.15. The van der Waals surface area contributed by atoms with Gasteiger partial charge in [-0.15, -0.1) is 0 Å². The van der Waals surface area contributed by atoms with E-state index in [1.807, 2.05) is 16.7 Å². The molecule has 7 heteroatoms. The molecule has 2 heterocycles. The predicted octanol–water partition coefficient (Wildman–Crippen LogP) is -0.549. The van der Waals surface area contributed by atoms with Crippen LogP contribution < -0.4 is 16.1 Å². The van der Waals surface area contributed by atoms with E-state index in [4.69, 9.17) is 0 Å². The molecule has 0 saturated carbocycles. The van der Waals surface area contributed by atoms with E-state index >= 15 is 0 Å². The van der Waals surface area contributed by atoms with Gasteiger partial charge in [0, 0.05) is 52.4 Å². The van der Waals surface area contributed by atoms with Gasteiger partial charge < -0.3 is 9.80 Å². The third-order valence-corrected chi connectivity index (χ3v) is 4.18. The molecule has 21 heavy (non-hydrogen) atoms. The minimum absolute atomic E-state index is 0.139. The SMILES string of the molecule is CCC(=O)N1CCN(c2c(C)n(C)c(=O)n(C)c2=O)CC1. The molecule has 0 atom stereocenters. The highest BCUT2D eigenvalue weighted by Gasteiger charge is 2.24. The van der Waals surface area contributed by atoms with Crippen molar-refractivity contribution in [1.82, 2.24) is 14.0 Å². The van der Waals surface area contributed by atoms with Gasteiger partial charge in [-0.25, -0.2) is 4.79 Å². The number of anilines is 1. The van der Waals surface area contributed by atoms with Gasteiger partial charge in [0.1, 0.15) is 5.69 Å². The monoisotopic (exact) mass is 294 g/mol. The highest BCUT2D eigenvalue weighted by molar-refractivity contribution is 5.76. The Morgan fingerprint density at radius 2 is 1.62 bits per heavy atom. The molecule has 1 aromatic rings. The summed E-state index contributed by atoms with van der Waals surface area (Å²) in [6.45, 7) is 6.07. The van der Waals surface area contributed by atoms with Crippen LogP contribution in [-0.2, 0) is 18.9 Å². The number of carbonyl (C=O) groups is 1. The quantitative estimate of drug-likeness (QED) is 0.734. The molecule has 1 amide bonds. The number of hydrogen-bond acceptors (Lipinski definition) is 4. The van der Waals surface area contributed by atoms with Gasteiger partial charge in [-0.1, -0.05) is 6.92 Å². The molecule has 1 aliphatic heterocycles. The van der Waals surface area contributed by atoms with E-state index in [1.54, 1.807) is 14.0 Å². The van der Waals surface area contributed by atoms with Gasteiger partial charge in [-0.2, -0.15) is 0 Å². The van der Waals surface area contributed by atoms with Gasteiger partial charge in [-0.3, -0.25) is 18.7 Å². The first-order valence-electron chi connectivity index (χ1n) is 7.17. The molecule has 1 fully saturated rings. The zero-order valence-electron chi connectivity index (χ0n) is 13.0. The van der Waals surface area contributed by atoms with Gasteiger partial charge in [0.15, 0.2) is 0 Å². The number of rotatable bonds is 2. The summed E-state index contributed by atoms with van der Waals surface area (Å²) in [5.41, 5.74) is 0.633. The van der Waals surface area contributed by atoms with Crippen molar-refractivity contribution in [3.8, 4) is 0 Å². The number of nitrogens with zero attached hydrogens (tertiary/aromatic N) is 4. The fourth-order valence-corrected chi connectivity index (χ4v) is 2.69. The van der Waals surface area contributed by atoms with Crippen LogP contribution in [0.5, 0.6) is 0 Å². The maximum absolute atomic E-state index is 12.4. The standard InChI is InChI=1S/C14H22N4O3/c1-5-11(19)17-6-8-18(9-7-17)12-10(2)15(3)14(21)16(4)13(12)20/h5-9H2,1-4H3. The Labute approximate surface area is 123 Å². The third-order valence-electron chi connectivity index (χ3n) is 4.18. The molecule has 0 aromatic carbocycles. The Balaban J connectivity index is 2.32. The van der Waals surface area contributed by atoms with E-state index < -0.39 is 0 Å². The second-order valence-corrected chi connectivity index (χ2v) is 5.36. The van der Waals surface area contributed by atoms with Crippen LogP contribution in [0.4, 0.5) is 5.69 Å². The fourth-order valence-electron chi connectivity index (χ4n) is 2.69. The highest BCUT2D eigenvalue weighted by atomic mass is 16.2. The van der Waals surface area contributed by atoms with Crippen LogP contribution >= 0.6 is 0 Å². The largest absolute Gasteiger partial charge is 0.362 e. The maximum Gasteiger partial charge on any atom is 0.330 e. The van der Waals surface area contributed by atoms with Crippen molar-refractivity contribution in [2.24, 2.45) is 14.1 Å². The van der Waals surface area contributed by atoms with Crippen molar-refractivity contribution >= 4 is 11.6 Å². The van der Waals surface area contributed by atoms with Crippen molar-refractivity contribution in [3.63, 3.8) is 0 Å². The molecule has 1 saturated heterocycles. The van der Waals surface area contributed by atoms with Crippen LogP contribution in [-0.4, -0.2) is 46.1 Å². The number of piperazine rings is 1. The Morgan fingerprint density at radius 3 is 2.14 bits per heavy atom. The van der Waals surface area contributed by atoms with Gasteiger partial charge in [0.05, 0.1) is 0 Å². The molecule has 0 bridgehead atoms. The first-order valence-corrected chi connectivity index (χ1v) is 7.17. The Morgan fingerprint density at radius 1 is 1.05 bits per heavy atom. The number of hydrogen-bond donors (Lipinski definition) is 0. The molecule has 7 nitrogen and oxygen atoms in total. The average Bonchev–Trinajstić information content (AvgIpc) is 2.51. The summed E-state index contributed by atoms with van der Waals surface area (Å²) in [5, 5.41) is 0.